The van der Waals surface area contributed by atoms with Crippen molar-refractivity contribution >= 4 is 29.2 Å². The Morgan fingerprint density at radius 2 is 1.71 bits per heavy atom. The number of ether oxygens (including phenoxy) is 2. The zero-order valence-corrected chi connectivity index (χ0v) is 28.2. The van der Waals surface area contributed by atoms with Gasteiger partial charge in [-0.05, 0) is 81.1 Å². The molecule has 10 nitrogen and oxygen atoms in total. The predicted octanol–water partition coefficient (Wildman–Crippen LogP) is 5.97. The van der Waals surface area contributed by atoms with Crippen molar-refractivity contribution in [1.82, 2.24) is 9.80 Å². The second-order valence-electron chi connectivity index (χ2n) is 12.5. The van der Waals surface area contributed by atoms with Gasteiger partial charge in [0.05, 0.1) is 36.8 Å². The zero-order chi connectivity index (χ0) is 34.6. The molecule has 0 unspecified atom stereocenters. The Labute approximate surface area is 282 Å². The first kappa shape index (κ1) is 36.4. The van der Waals surface area contributed by atoms with Crippen LogP contribution in [0.15, 0.2) is 72.8 Å². The predicted molar refractivity (Wildman–Crippen MR) is 184 cm³/mol. The Balaban J connectivity index is 1.57. The number of hydrogen-bond donors (Lipinski definition) is 3. The second kappa shape index (κ2) is 17.6. The monoisotopic (exact) mass is 662 g/mol. The van der Waals surface area contributed by atoms with Gasteiger partial charge in [0, 0.05) is 44.0 Å². The van der Waals surface area contributed by atoms with E-state index in [0.717, 1.165) is 24.8 Å². The number of urea groups is 1. The molecule has 4 atom stereocenters. The molecule has 3 aromatic rings. The van der Waals surface area contributed by atoms with Crippen LogP contribution in [0.5, 0.6) is 5.75 Å². The fourth-order valence-corrected chi connectivity index (χ4v) is 5.57. The molecule has 3 N–H and O–H groups in total. The van der Waals surface area contributed by atoms with Gasteiger partial charge in [-0.25, -0.2) is 9.18 Å². The number of hydrogen-bond acceptors (Lipinski definition) is 6. The summed E-state index contributed by atoms with van der Waals surface area (Å²) in [5.74, 6) is -0.661. The zero-order valence-electron chi connectivity index (χ0n) is 28.2. The third-order valence-electron chi connectivity index (χ3n) is 8.49. The van der Waals surface area contributed by atoms with E-state index < -0.39 is 17.9 Å². The number of nitrogens with zero attached hydrogens (tertiary/aromatic N) is 2. The minimum Gasteiger partial charge on any atom is -0.490 e. The lowest BCUT2D eigenvalue weighted by molar-refractivity contribution is -0.131. The number of nitrogens with one attached hydrogen (secondary N) is 2. The maximum absolute atomic E-state index is 14.3. The molecule has 0 saturated carbocycles. The highest BCUT2D eigenvalue weighted by molar-refractivity contribution is 6.02. The van der Waals surface area contributed by atoms with Crippen LogP contribution in [-0.2, 0) is 16.0 Å². The lowest BCUT2D eigenvalue weighted by atomic mass is 10.0. The number of benzene rings is 3. The number of rotatable bonds is 8. The van der Waals surface area contributed by atoms with Crippen LogP contribution in [0.3, 0.4) is 0 Å². The summed E-state index contributed by atoms with van der Waals surface area (Å²) in [6.07, 6.45) is 2.06. The standard InChI is InChI=1S/C37H47FN4O6/c1-25-22-42(26(2)24-43)36(45)32-21-31(40-37(46)39-30-15-13-29(38)14-16-30)17-18-33(32)48-27(3)10-8-9-19-47-34(25)23-41(4)35(44)20-28-11-6-5-7-12-28/h5-7,11-18,21,25-27,34,43H,8-10,19-20,22-24H2,1-4H3,(H2,39,40,46)/t25-,26-,27+,34-/m1/s1. The molecule has 0 aromatic heterocycles. The maximum Gasteiger partial charge on any atom is 0.323 e. The molecule has 0 fully saturated rings. The number of carbonyl (C=O) groups is 3. The van der Waals surface area contributed by atoms with Crippen LogP contribution >= 0.6 is 0 Å². The molecule has 4 amide bonds. The summed E-state index contributed by atoms with van der Waals surface area (Å²) >= 11 is 0. The summed E-state index contributed by atoms with van der Waals surface area (Å²) in [6.45, 7) is 6.49. The van der Waals surface area contributed by atoms with Crippen LogP contribution in [0.1, 0.15) is 56.0 Å². The first-order chi connectivity index (χ1) is 23.0. The molecule has 1 aliphatic heterocycles. The summed E-state index contributed by atoms with van der Waals surface area (Å²) in [6, 6.07) is 18.7. The molecule has 0 saturated heterocycles. The Kier molecular flexibility index (Phi) is 13.3. The average molecular weight is 663 g/mol. The van der Waals surface area contributed by atoms with E-state index >= 15 is 0 Å². The largest absolute Gasteiger partial charge is 0.490 e. The quantitative estimate of drug-likeness (QED) is 0.274. The molecule has 4 rings (SSSR count). The van der Waals surface area contributed by atoms with E-state index in [2.05, 4.69) is 10.6 Å². The number of aliphatic hydroxyl groups is 1. The fraction of sp³-hybridized carbons (Fsp3) is 0.432. The lowest BCUT2D eigenvalue weighted by Gasteiger charge is -2.36. The van der Waals surface area contributed by atoms with Gasteiger partial charge in [-0.3, -0.25) is 9.59 Å². The van der Waals surface area contributed by atoms with Gasteiger partial charge >= 0.3 is 6.03 Å². The molecule has 0 aliphatic carbocycles. The van der Waals surface area contributed by atoms with Crippen molar-refractivity contribution in [3.05, 3.63) is 89.7 Å². The van der Waals surface area contributed by atoms with Gasteiger partial charge in [-0.2, -0.15) is 0 Å². The van der Waals surface area contributed by atoms with Gasteiger partial charge in [-0.1, -0.05) is 37.3 Å². The fourth-order valence-electron chi connectivity index (χ4n) is 5.57. The molecule has 48 heavy (non-hydrogen) atoms. The van der Waals surface area contributed by atoms with Crippen molar-refractivity contribution in [1.29, 1.82) is 0 Å². The number of fused-ring (bicyclic) bond motifs is 1. The van der Waals surface area contributed by atoms with Crippen LogP contribution < -0.4 is 15.4 Å². The Morgan fingerprint density at radius 3 is 2.42 bits per heavy atom. The summed E-state index contributed by atoms with van der Waals surface area (Å²) in [7, 11) is 1.77. The van der Waals surface area contributed by atoms with Gasteiger partial charge in [0.2, 0.25) is 5.91 Å². The van der Waals surface area contributed by atoms with Crippen LogP contribution in [0.25, 0.3) is 0 Å². The highest BCUT2D eigenvalue weighted by atomic mass is 19.1. The van der Waals surface area contributed by atoms with Gasteiger partial charge in [0.25, 0.3) is 5.91 Å². The van der Waals surface area contributed by atoms with Crippen LogP contribution in [0, 0.1) is 11.7 Å². The molecule has 1 heterocycles. The summed E-state index contributed by atoms with van der Waals surface area (Å²) in [5.41, 5.74) is 1.92. The molecule has 1 aliphatic rings. The number of carbonyl (C=O) groups excluding carboxylic acids is 3. The number of likely N-dealkylation sites (N-methyl/N-ethyl adjacent to an activating group) is 1. The summed E-state index contributed by atoms with van der Waals surface area (Å²) in [4.78, 5) is 43.5. The Morgan fingerprint density at radius 1 is 1.02 bits per heavy atom. The number of amides is 4. The molecular formula is C37H47FN4O6. The van der Waals surface area contributed by atoms with Crippen molar-refractivity contribution in [3.63, 3.8) is 0 Å². The Bertz CT molecular complexity index is 1510. The van der Waals surface area contributed by atoms with Gasteiger partial charge in [-0.15, -0.1) is 0 Å². The molecule has 0 bridgehead atoms. The van der Waals surface area contributed by atoms with Crippen molar-refractivity contribution in [2.75, 3.05) is 44.0 Å². The van der Waals surface area contributed by atoms with E-state index in [0.29, 0.717) is 30.3 Å². The van der Waals surface area contributed by atoms with E-state index in [4.69, 9.17) is 9.47 Å². The summed E-state index contributed by atoms with van der Waals surface area (Å²) in [5, 5.41) is 15.6. The van der Waals surface area contributed by atoms with Gasteiger partial charge in [0.1, 0.15) is 11.6 Å². The van der Waals surface area contributed by atoms with E-state index in [1.54, 1.807) is 42.0 Å². The SMILES string of the molecule is C[C@@H]1CN([C@H](C)CO)C(=O)c2cc(NC(=O)Nc3ccc(F)cc3)ccc2O[C@@H](C)CCCCO[C@@H]1CN(C)C(=O)Cc1ccccc1. The van der Waals surface area contributed by atoms with Gasteiger partial charge in [0.15, 0.2) is 0 Å². The smallest absolute Gasteiger partial charge is 0.323 e. The van der Waals surface area contributed by atoms with Gasteiger partial charge < -0.3 is 35.0 Å². The van der Waals surface area contributed by atoms with Crippen molar-refractivity contribution < 1.29 is 33.4 Å². The number of anilines is 2. The van der Waals surface area contributed by atoms with Crippen molar-refractivity contribution in [3.8, 4) is 5.75 Å². The molecular weight excluding hydrogens is 615 g/mol. The van der Waals surface area contributed by atoms with E-state index in [-0.39, 0.29) is 55.1 Å². The summed E-state index contributed by atoms with van der Waals surface area (Å²) < 4.78 is 25.9. The molecule has 0 radical (unpaired) electrons. The highest BCUT2D eigenvalue weighted by Crippen LogP contribution is 2.29. The molecule has 11 heteroatoms. The maximum atomic E-state index is 14.3. The number of aliphatic hydroxyl groups excluding tert-OH is 1. The average Bonchev–Trinajstić information content (AvgIpc) is 3.07. The topological polar surface area (TPSA) is 120 Å². The Hall–Kier alpha value is -4.48. The van der Waals surface area contributed by atoms with E-state index in [9.17, 15) is 23.9 Å². The normalized spacial score (nSPS) is 19.7. The number of halogens is 1. The third kappa shape index (κ3) is 10.5. The molecule has 3 aromatic carbocycles. The molecule has 258 valence electrons. The van der Waals surface area contributed by atoms with Crippen LogP contribution in [-0.4, -0.2) is 84.4 Å². The lowest BCUT2D eigenvalue weighted by Crippen LogP contribution is -2.48. The second-order valence-corrected chi connectivity index (χ2v) is 12.5. The highest BCUT2D eigenvalue weighted by Gasteiger charge is 2.31. The minimum absolute atomic E-state index is 0.0311. The first-order valence-electron chi connectivity index (χ1n) is 16.5. The first-order valence-corrected chi connectivity index (χ1v) is 16.5. The van der Waals surface area contributed by atoms with E-state index in [1.165, 1.54) is 24.3 Å². The molecule has 0 spiro atoms. The van der Waals surface area contributed by atoms with Crippen LogP contribution in [0.2, 0.25) is 0 Å². The van der Waals surface area contributed by atoms with Crippen molar-refractivity contribution in [2.24, 2.45) is 5.92 Å². The van der Waals surface area contributed by atoms with Crippen molar-refractivity contribution in [2.45, 2.75) is 64.7 Å². The van der Waals surface area contributed by atoms with Crippen LogP contribution in [0.4, 0.5) is 20.6 Å². The minimum atomic E-state index is -0.565. The third-order valence-corrected chi connectivity index (χ3v) is 8.49. The van der Waals surface area contributed by atoms with E-state index in [1.807, 2.05) is 44.2 Å².